The summed E-state index contributed by atoms with van der Waals surface area (Å²) in [5.41, 5.74) is 2.28. The lowest BCUT2D eigenvalue weighted by molar-refractivity contribution is -0.110. The van der Waals surface area contributed by atoms with Gasteiger partial charge in [0.15, 0.2) is 0 Å². The van der Waals surface area contributed by atoms with Crippen molar-refractivity contribution in [2.75, 3.05) is 5.32 Å². The predicted octanol–water partition coefficient (Wildman–Crippen LogP) is 4.02. The summed E-state index contributed by atoms with van der Waals surface area (Å²) >= 11 is 1.35. The molecule has 3 heterocycles. The van der Waals surface area contributed by atoms with E-state index in [4.69, 9.17) is 0 Å². The number of carbonyl (C=O) groups excluding carboxylic acids is 2. The summed E-state index contributed by atoms with van der Waals surface area (Å²) in [6, 6.07) is 5.90. The number of amides is 2. The maximum absolute atomic E-state index is 12.6. The molecule has 2 aromatic heterocycles. The second-order valence-corrected chi connectivity index (χ2v) is 7.71. The zero-order chi connectivity index (χ0) is 17.2. The van der Waals surface area contributed by atoms with Gasteiger partial charge in [-0.05, 0) is 37.1 Å². The van der Waals surface area contributed by atoms with Gasteiger partial charge in [-0.2, -0.15) is 0 Å². The summed E-state index contributed by atoms with van der Waals surface area (Å²) in [5, 5.41) is 6.79. The largest absolute Gasteiger partial charge is 0.362 e. The molecule has 1 fully saturated rings. The van der Waals surface area contributed by atoms with Gasteiger partial charge < -0.3 is 15.6 Å². The van der Waals surface area contributed by atoms with Crippen molar-refractivity contribution < 1.29 is 9.59 Å². The molecule has 25 heavy (non-hydrogen) atoms. The topological polar surface area (TPSA) is 74.0 Å². The second kappa shape index (κ2) is 6.88. The molecule has 2 aliphatic rings. The minimum atomic E-state index is -0.119. The minimum absolute atomic E-state index is 0.0280. The second-order valence-electron chi connectivity index (χ2n) is 6.65. The van der Waals surface area contributed by atoms with Crippen LogP contribution in [0.1, 0.15) is 59.5 Å². The van der Waals surface area contributed by atoms with Gasteiger partial charge in [-0.3, -0.25) is 9.59 Å². The highest BCUT2D eigenvalue weighted by atomic mass is 32.1. The Morgan fingerprint density at radius 3 is 2.76 bits per heavy atom. The van der Waals surface area contributed by atoms with E-state index >= 15 is 0 Å². The molecule has 5 nitrogen and oxygen atoms in total. The molecule has 1 aliphatic heterocycles. The van der Waals surface area contributed by atoms with Crippen LogP contribution in [0, 0.1) is 0 Å². The number of hydrogen-bond donors (Lipinski definition) is 3. The monoisotopic (exact) mass is 355 g/mol. The van der Waals surface area contributed by atoms with Crippen LogP contribution in [0.3, 0.4) is 0 Å². The molecule has 3 N–H and O–H groups in total. The molecule has 1 aliphatic carbocycles. The molecule has 4 rings (SSSR count). The first-order valence-corrected chi connectivity index (χ1v) is 9.64. The van der Waals surface area contributed by atoms with E-state index < -0.39 is 0 Å². The Bertz CT molecular complexity index is 812. The van der Waals surface area contributed by atoms with Gasteiger partial charge in [0.05, 0.1) is 10.5 Å². The highest BCUT2D eigenvalue weighted by molar-refractivity contribution is 7.18. The first-order chi connectivity index (χ1) is 12.2. The van der Waals surface area contributed by atoms with Crippen LogP contribution < -0.4 is 10.6 Å². The summed E-state index contributed by atoms with van der Waals surface area (Å²) in [7, 11) is 0. The fraction of sp³-hybridized carbons (Fsp3) is 0.368. The fourth-order valence-corrected chi connectivity index (χ4v) is 4.47. The lowest BCUT2D eigenvalue weighted by atomic mass is 10.1. The molecular formula is C19H21N3O2S. The molecule has 0 aromatic carbocycles. The van der Waals surface area contributed by atoms with Crippen LogP contribution in [-0.2, 0) is 4.79 Å². The first kappa shape index (κ1) is 16.1. The number of carbonyl (C=O) groups is 2. The van der Waals surface area contributed by atoms with Crippen molar-refractivity contribution in [3.63, 3.8) is 0 Å². The number of fused-ring (bicyclic) bond motifs is 1. The van der Waals surface area contributed by atoms with Crippen molar-refractivity contribution in [3.05, 3.63) is 40.5 Å². The molecule has 0 atom stereocenters. The van der Waals surface area contributed by atoms with Gasteiger partial charge in [-0.15, -0.1) is 11.3 Å². The van der Waals surface area contributed by atoms with E-state index in [1.165, 1.54) is 37.0 Å². The zero-order valence-corrected chi connectivity index (χ0v) is 14.7. The van der Waals surface area contributed by atoms with E-state index in [1.54, 1.807) is 0 Å². The van der Waals surface area contributed by atoms with Crippen molar-refractivity contribution in [1.29, 1.82) is 0 Å². The minimum Gasteiger partial charge on any atom is -0.362 e. The number of anilines is 1. The first-order valence-electron chi connectivity index (χ1n) is 8.82. The number of nitrogens with one attached hydrogen (secondary N) is 3. The SMILES string of the molecule is O=C1Nc2sc(C(=O)NC3CCCCCC3)cc2/C1=C/c1ccc[nH]1. The maximum Gasteiger partial charge on any atom is 0.261 e. The standard InChI is InChI=1S/C19H21N3O2S/c23-17-14(10-13-8-5-9-20-13)15-11-16(25-19(15)22-17)18(24)21-12-6-3-1-2-4-7-12/h5,8-12,20H,1-4,6-7H2,(H,21,24)(H,22,23)/b14-10-. The average molecular weight is 355 g/mol. The molecule has 2 amide bonds. The van der Waals surface area contributed by atoms with Crippen LogP contribution in [0.2, 0.25) is 0 Å². The Balaban J connectivity index is 1.53. The molecule has 0 bridgehead atoms. The van der Waals surface area contributed by atoms with Gasteiger partial charge in [0, 0.05) is 23.5 Å². The lowest BCUT2D eigenvalue weighted by Gasteiger charge is -2.15. The molecule has 0 radical (unpaired) electrons. The van der Waals surface area contributed by atoms with Gasteiger partial charge in [-0.1, -0.05) is 25.7 Å². The third-order valence-electron chi connectivity index (χ3n) is 4.83. The van der Waals surface area contributed by atoms with Crippen LogP contribution >= 0.6 is 11.3 Å². The Morgan fingerprint density at radius 1 is 1.24 bits per heavy atom. The van der Waals surface area contributed by atoms with Gasteiger partial charge in [-0.25, -0.2) is 0 Å². The van der Waals surface area contributed by atoms with Crippen molar-refractivity contribution in [2.45, 2.75) is 44.6 Å². The number of thiophene rings is 1. The van der Waals surface area contributed by atoms with Crippen molar-refractivity contribution >= 4 is 39.8 Å². The third-order valence-corrected chi connectivity index (χ3v) is 5.88. The number of rotatable bonds is 3. The highest BCUT2D eigenvalue weighted by Gasteiger charge is 2.29. The average Bonchev–Trinajstić information content (AvgIpc) is 3.25. The Morgan fingerprint density at radius 2 is 2.04 bits per heavy atom. The summed E-state index contributed by atoms with van der Waals surface area (Å²) in [4.78, 5) is 28.5. The van der Waals surface area contributed by atoms with Crippen LogP contribution in [0.4, 0.5) is 5.00 Å². The molecule has 6 heteroatoms. The van der Waals surface area contributed by atoms with E-state index in [9.17, 15) is 9.59 Å². The summed E-state index contributed by atoms with van der Waals surface area (Å²) in [6.45, 7) is 0. The maximum atomic E-state index is 12.6. The van der Waals surface area contributed by atoms with Crippen LogP contribution in [0.5, 0.6) is 0 Å². The van der Waals surface area contributed by atoms with E-state index in [-0.39, 0.29) is 17.9 Å². The molecule has 0 spiro atoms. The quantitative estimate of drug-likeness (QED) is 0.575. The molecule has 130 valence electrons. The van der Waals surface area contributed by atoms with Gasteiger partial charge >= 0.3 is 0 Å². The van der Waals surface area contributed by atoms with Crippen molar-refractivity contribution in [3.8, 4) is 0 Å². The Hall–Kier alpha value is -2.34. The molecular weight excluding hydrogens is 334 g/mol. The lowest BCUT2D eigenvalue weighted by Crippen LogP contribution is -2.33. The smallest absolute Gasteiger partial charge is 0.261 e. The van der Waals surface area contributed by atoms with Crippen LogP contribution in [0.15, 0.2) is 24.4 Å². The highest BCUT2D eigenvalue weighted by Crippen LogP contribution is 2.39. The van der Waals surface area contributed by atoms with Gasteiger partial charge in [0.1, 0.15) is 5.00 Å². The molecule has 1 saturated carbocycles. The molecule has 0 saturated heterocycles. The number of aromatic nitrogens is 1. The van der Waals surface area contributed by atoms with Gasteiger partial charge in [0.2, 0.25) is 0 Å². The number of hydrogen-bond acceptors (Lipinski definition) is 3. The van der Waals surface area contributed by atoms with Crippen molar-refractivity contribution in [2.24, 2.45) is 0 Å². The molecule has 2 aromatic rings. The number of aromatic amines is 1. The van der Waals surface area contributed by atoms with Crippen molar-refractivity contribution in [1.82, 2.24) is 10.3 Å². The van der Waals surface area contributed by atoms with Crippen LogP contribution in [-0.4, -0.2) is 22.8 Å². The van der Waals surface area contributed by atoms with E-state index in [0.717, 1.165) is 29.1 Å². The van der Waals surface area contributed by atoms with E-state index in [1.807, 2.05) is 30.5 Å². The number of H-pyrrole nitrogens is 1. The third kappa shape index (κ3) is 3.39. The van der Waals surface area contributed by atoms with E-state index in [0.29, 0.717) is 10.5 Å². The van der Waals surface area contributed by atoms with Crippen LogP contribution in [0.25, 0.3) is 11.6 Å². The fourth-order valence-electron chi connectivity index (χ4n) is 3.50. The normalized spacial score (nSPS) is 19.5. The summed E-state index contributed by atoms with van der Waals surface area (Å²) in [6.07, 6.45) is 10.7. The Labute approximate surface area is 150 Å². The summed E-state index contributed by atoms with van der Waals surface area (Å²) < 4.78 is 0. The zero-order valence-electron chi connectivity index (χ0n) is 13.9. The predicted molar refractivity (Wildman–Crippen MR) is 101 cm³/mol. The van der Waals surface area contributed by atoms with E-state index in [2.05, 4.69) is 15.6 Å². The molecule has 0 unspecified atom stereocenters. The summed E-state index contributed by atoms with van der Waals surface area (Å²) in [5.74, 6) is -0.147. The van der Waals surface area contributed by atoms with Gasteiger partial charge in [0.25, 0.3) is 11.8 Å². The Kier molecular flexibility index (Phi) is 4.44.